The van der Waals surface area contributed by atoms with E-state index in [2.05, 4.69) is 20.4 Å². The first kappa shape index (κ1) is 15.9. The van der Waals surface area contributed by atoms with E-state index < -0.39 is 0 Å². The molecular formula is C17H17N5O2S. The maximum absolute atomic E-state index is 12.4. The Morgan fingerprint density at radius 1 is 1.36 bits per heavy atom. The van der Waals surface area contributed by atoms with Crippen molar-refractivity contribution in [3.63, 3.8) is 0 Å². The molecule has 2 aromatic rings. The van der Waals surface area contributed by atoms with E-state index in [1.807, 2.05) is 17.5 Å². The number of amides is 2. The maximum Gasteiger partial charge on any atom is 0.257 e. The summed E-state index contributed by atoms with van der Waals surface area (Å²) in [7, 11) is 0. The van der Waals surface area contributed by atoms with Crippen LogP contribution in [-0.4, -0.2) is 33.3 Å². The van der Waals surface area contributed by atoms with Gasteiger partial charge in [0.1, 0.15) is 11.5 Å². The van der Waals surface area contributed by atoms with E-state index in [0.717, 1.165) is 36.3 Å². The number of aliphatic imine (C=N–C) groups is 2. The van der Waals surface area contributed by atoms with Crippen molar-refractivity contribution in [2.45, 2.75) is 32.6 Å². The summed E-state index contributed by atoms with van der Waals surface area (Å²) in [5, 5.41) is 9.23. The molecule has 3 heterocycles. The van der Waals surface area contributed by atoms with Gasteiger partial charge in [-0.3, -0.25) is 9.59 Å². The Morgan fingerprint density at radius 3 is 3.00 bits per heavy atom. The van der Waals surface area contributed by atoms with Crippen molar-refractivity contribution in [2.24, 2.45) is 15.9 Å². The molecule has 2 aromatic heterocycles. The van der Waals surface area contributed by atoms with E-state index in [1.165, 1.54) is 11.6 Å². The van der Waals surface area contributed by atoms with Crippen molar-refractivity contribution >= 4 is 40.6 Å². The fourth-order valence-corrected chi connectivity index (χ4v) is 3.85. The third kappa shape index (κ3) is 3.05. The van der Waals surface area contributed by atoms with Crippen molar-refractivity contribution in [3.8, 4) is 10.6 Å². The normalized spacial score (nSPS) is 19.9. The van der Waals surface area contributed by atoms with Crippen LogP contribution in [0.25, 0.3) is 10.6 Å². The van der Waals surface area contributed by atoms with Crippen molar-refractivity contribution in [1.29, 1.82) is 0 Å². The zero-order valence-electron chi connectivity index (χ0n) is 13.7. The molecule has 4 rings (SSSR count). The zero-order chi connectivity index (χ0) is 17.4. The average molecular weight is 355 g/mol. The Morgan fingerprint density at radius 2 is 2.24 bits per heavy atom. The second-order valence-corrected chi connectivity index (χ2v) is 7.08. The van der Waals surface area contributed by atoms with E-state index >= 15 is 0 Å². The number of hydrogen-bond donors (Lipinski definition) is 1. The van der Waals surface area contributed by atoms with Crippen LogP contribution in [0, 0.1) is 5.92 Å². The minimum absolute atomic E-state index is 0.165. The maximum atomic E-state index is 12.4. The van der Waals surface area contributed by atoms with E-state index in [0.29, 0.717) is 11.5 Å². The number of thiophene rings is 1. The summed E-state index contributed by atoms with van der Waals surface area (Å²) < 4.78 is 1.45. The van der Waals surface area contributed by atoms with Crippen molar-refractivity contribution < 1.29 is 9.59 Å². The Labute approximate surface area is 148 Å². The molecule has 1 aliphatic carbocycles. The van der Waals surface area contributed by atoms with Gasteiger partial charge in [-0.1, -0.05) is 12.5 Å². The summed E-state index contributed by atoms with van der Waals surface area (Å²) in [4.78, 5) is 33.6. The summed E-state index contributed by atoms with van der Waals surface area (Å²) in [5.74, 6) is 0.117. The van der Waals surface area contributed by atoms with Crippen molar-refractivity contribution in [2.75, 3.05) is 5.32 Å². The third-order valence-corrected chi connectivity index (χ3v) is 5.20. The predicted molar refractivity (Wildman–Crippen MR) is 97.1 cm³/mol. The molecular weight excluding hydrogens is 338 g/mol. The van der Waals surface area contributed by atoms with Crippen LogP contribution in [0.3, 0.4) is 0 Å². The molecule has 0 bridgehead atoms. The van der Waals surface area contributed by atoms with Gasteiger partial charge in [0.05, 0.1) is 10.8 Å². The minimum atomic E-state index is -0.218. The second-order valence-electron chi connectivity index (χ2n) is 6.14. The molecule has 0 saturated heterocycles. The van der Waals surface area contributed by atoms with E-state index in [4.69, 9.17) is 0 Å². The highest BCUT2D eigenvalue weighted by Crippen LogP contribution is 2.29. The number of fused-ring (bicyclic) bond motifs is 1. The van der Waals surface area contributed by atoms with Crippen LogP contribution >= 0.6 is 11.3 Å². The Balaban J connectivity index is 1.77. The standard InChI is InChI=1S/C17H17N5O2S/c1-10(23)18-15-9-13(14-7-4-8-25-14)21-22(15)17-19-12-6-3-2-5-11(12)16(24)20-17/h4,7-9,11H,2-3,5-6H2,1H3,(H,18,23). The van der Waals surface area contributed by atoms with Gasteiger partial charge in [-0.25, -0.2) is 4.99 Å². The molecule has 1 aliphatic heterocycles. The van der Waals surface area contributed by atoms with Crippen LogP contribution in [-0.2, 0) is 9.59 Å². The molecule has 1 atom stereocenters. The second kappa shape index (κ2) is 6.36. The van der Waals surface area contributed by atoms with E-state index in [1.54, 1.807) is 17.4 Å². The topological polar surface area (TPSA) is 88.7 Å². The van der Waals surface area contributed by atoms with E-state index in [9.17, 15) is 9.59 Å². The van der Waals surface area contributed by atoms with E-state index in [-0.39, 0.29) is 23.7 Å². The molecule has 0 radical (unpaired) electrons. The lowest BCUT2D eigenvalue weighted by Gasteiger charge is -2.24. The van der Waals surface area contributed by atoms with Crippen LogP contribution in [0.1, 0.15) is 32.6 Å². The number of carbonyl (C=O) groups is 2. The molecule has 1 saturated carbocycles. The monoisotopic (exact) mass is 355 g/mol. The average Bonchev–Trinajstić information content (AvgIpc) is 3.24. The number of rotatable bonds is 2. The number of nitrogens with zero attached hydrogens (tertiary/aromatic N) is 4. The van der Waals surface area contributed by atoms with Crippen LogP contribution in [0.2, 0.25) is 0 Å². The Kier molecular flexibility index (Phi) is 4.04. The lowest BCUT2D eigenvalue weighted by molar-refractivity contribution is -0.120. The Bertz CT molecular complexity index is 894. The van der Waals surface area contributed by atoms with Crippen molar-refractivity contribution in [1.82, 2.24) is 9.78 Å². The smallest absolute Gasteiger partial charge is 0.257 e. The van der Waals surface area contributed by atoms with Gasteiger partial charge < -0.3 is 5.32 Å². The summed E-state index contributed by atoms with van der Waals surface area (Å²) in [6, 6.07) is 5.66. The van der Waals surface area contributed by atoms with Gasteiger partial charge in [-0.15, -0.1) is 11.3 Å². The number of nitrogens with one attached hydrogen (secondary N) is 1. The molecule has 8 heteroatoms. The van der Waals surface area contributed by atoms with Gasteiger partial charge in [0, 0.05) is 18.7 Å². The first-order valence-corrected chi connectivity index (χ1v) is 9.11. The largest absolute Gasteiger partial charge is 0.311 e. The number of anilines is 1. The zero-order valence-corrected chi connectivity index (χ0v) is 14.5. The summed E-state index contributed by atoms with van der Waals surface area (Å²) in [6.45, 7) is 1.43. The van der Waals surface area contributed by atoms with Gasteiger partial charge in [0.15, 0.2) is 0 Å². The van der Waals surface area contributed by atoms with Crippen LogP contribution in [0.4, 0.5) is 5.82 Å². The third-order valence-electron chi connectivity index (χ3n) is 4.31. The molecule has 1 fully saturated rings. The number of aromatic nitrogens is 2. The first-order chi connectivity index (χ1) is 12.1. The highest BCUT2D eigenvalue weighted by molar-refractivity contribution is 7.13. The highest BCUT2D eigenvalue weighted by atomic mass is 32.1. The van der Waals surface area contributed by atoms with Gasteiger partial charge in [0.2, 0.25) is 5.91 Å². The summed E-state index contributed by atoms with van der Waals surface area (Å²) in [6.07, 6.45) is 3.69. The molecule has 25 heavy (non-hydrogen) atoms. The van der Waals surface area contributed by atoms with Crippen LogP contribution in [0.15, 0.2) is 33.6 Å². The Hall–Kier alpha value is -2.61. The lowest BCUT2D eigenvalue weighted by atomic mass is 9.86. The van der Waals surface area contributed by atoms with Crippen molar-refractivity contribution in [3.05, 3.63) is 23.6 Å². The molecule has 2 aliphatic rings. The minimum Gasteiger partial charge on any atom is -0.311 e. The quantitative estimate of drug-likeness (QED) is 0.898. The number of carbonyl (C=O) groups excluding carboxylic acids is 2. The molecule has 1 unspecified atom stereocenters. The first-order valence-electron chi connectivity index (χ1n) is 8.24. The fraction of sp³-hybridized carbons (Fsp3) is 0.353. The molecule has 0 aromatic carbocycles. The van der Waals surface area contributed by atoms with Crippen LogP contribution in [0.5, 0.6) is 0 Å². The predicted octanol–water partition coefficient (Wildman–Crippen LogP) is 2.95. The highest BCUT2D eigenvalue weighted by Gasteiger charge is 2.32. The number of hydrogen-bond acceptors (Lipinski definition) is 5. The van der Waals surface area contributed by atoms with Crippen LogP contribution < -0.4 is 5.32 Å². The van der Waals surface area contributed by atoms with Gasteiger partial charge >= 0.3 is 0 Å². The summed E-state index contributed by atoms with van der Waals surface area (Å²) >= 11 is 1.55. The van der Waals surface area contributed by atoms with Gasteiger partial charge in [-0.05, 0) is 30.7 Å². The molecule has 1 N–H and O–H groups in total. The van der Waals surface area contributed by atoms with Gasteiger partial charge in [0.25, 0.3) is 11.9 Å². The summed E-state index contributed by atoms with van der Waals surface area (Å²) in [5.41, 5.74) is 1.59. The van der Waals surface area contributed by atoms with Gasteiger partial charge in [-0.2, -0.15) is 14.8 Å². The fourth-order valence-electron chi connectivity index (χ4n) is 3.17. The molecule has 0 spiro atoms. The SMILES string of the molecule is CC(=O)Nc1cc(-c2cccs2)nn1C1=NC(=O)C2CCCCC2=N1. The molecule has 128 valence electrons. The lowest BCUT2D eigenvalue weighted by Crippen LogP contribution is -2.33. The molecule has 2 amide bonds. The molecule has 7 nitrogen and oxygen atoms in total.